The van der Waals surface area contributed by atoms with Crippen LogP contribution in [0.2, 0.25) is 0 Å². The summed E-state index contributed by atoms with van der Waals surface area (Å²) < 4.78 is 42.9. The molecule has 13 heterocycles. The Labute approximate surface area is 527 Å². The van der Waals surface area contributed by atoms with Crippen LogP contribution in [0.4, 0.5) is 0 Å². The molecule has 0 aromatic carbocycles. The van der Waals surface area contributed by atoms with Gasteiger partial charge in [-0.2, -0.15) is 0 Å². The van der Waals surface area contributed by atoms with Crippen LogP contribution in [0.5, 0.6) is 32.8 Å². The van der Waals surface area contributed by atoms with Gasteiger partial charge in [0.05, 0.1) is 96.5 Å². The minimum Gasteiger partial charge on any atom is -0.483 e. The van der Waals surface area contributed by atoms with Gasteiger partial charge in [0, 0.05) is 57.6 Å². The van der Waals surface area contributed by atoms with Crippen LogP contribution in [0, 0.1) is 0 Å². The van der Waals surface area contributed by atoms with Crippen molar-refractivity contribution in [2.75, 3.05) is 46.4 Å². The van der Waals surface area contributed by atoms with E-state index in [0.717, 1.165) is 121 Å². The van der Waals surface area contributed by atoms with Gasteiger partial charge < -0.3 is 37.9 Å². The minimum atomic E-state index is 0.368. The Hall–Kier alpha value is -3.87. The molecule has 0 fully saturated rings. The lowest BCUT2D eigenvalue weighted by Crippen LogP contribution is -2.14. The maximum Gasteiger partial charge on any atom is 0.269 e. The lowest BCUT2D eigenvalue weighted by Gasteiger charge is -2.11. The van der Waals surface area contributed by atoms with Crippen molar-refractivity contribution in [1.29, 1.82) is 0 Å². The number of ether oxygens (including phenoxy) is 8. The van der Waals surface area contributed by atoms with Crippen molar-refractivity contribution in [2.45, 2.75) is 222 Å². The summed E-state index contributed by atoms with van der Waals surface area (Å²) in [6.45, 7) is 36.7. The van der Waals surface area contributed by atoms with Gasteiger partial charge in [-0.05, 0) is 64.2 Å². The zero-order valence-corrected chi connectivity index (χ0v) is 57.7. The molecule has 0 radical (unpaired) electrons. The summed E-state index contributed by atoms with van der Waals surface area (Å²) >= 11 is 12.3. The molecule has 0 N–H and O–H groups in total. The quantitative estimate of drug-likeness (QED) is 0.148. The molecule has 462 valence electrons. The highest BCUT2D eigenvalue weighted by atomic mass is 32.1. The average molecular weight is 1280 g/mol. The standard InChI is InChI=1S/C10H15NS.4C9H13NOS.2C8H11NO2S/c1-7(2)10-11-8-5-3-4-6-9(8)12-10;1-6(2)9-10-7-5-11-4-3-8(7)12-9;2*1-6(2)9-10-8-7(12-9)4-3-5-11-8;1-6(2)8-10-7-4-3-5-11-9(7)12-8;1-5(2)7-9-6-3-10-4-11-8(6)12-7;1-5(2)7-9-6-8(12-7)11-4-3-10-6/h7H,3-6H2,1-2H3;4*6H,3-5H2,1-2H3;2*5H,3-4H2,1-2H3. The summed E-state index contributed by atoms with van der Waals surface area (Å²) in [4.78, 5) is 37.1. The van der Waals surface area contributed by atoms with Crippen LogP contribution < -0.4 is 28.4 Å². The lowest BCUT2D eigenvalue weighted by atomic mass is 10.0. The summed E-state index contributed by atoms with van der Waals surface area (Å²) in [5.41, 5.74) is 4.70. The summed E-state index contributed by atoms with van der Waals surface area (Å²) in [5.74, 6) is 6.16. The molecule has 15 nitrogen and oxygen atoms in total. The molecule has 84 heavy (non-hydrogen) atoms. The van der Waals surface area contributed by atoms with E-state index in [2.05, 4.69) is 132 Å². The molecule has 7 aliphatic rings. The van der Waals surface area contributed by atoms with Gasteiger partial charge >= 0.3 is 0 Å². The smallest absolute Gasteiger partial charge is 0.269 e. The first-order chi connectivity index (χ1) is 40.4. The van der Waals surface area contributed by atoms with Gasteiger partial charge in [-0.15, -0.1) is 45.3 Å². The molecule has 6 aliphatic heterocycles. The Morgan fingerprint density at radius 2 is 0.643 bits per heavy atom. The molecule has 0 saturated heterocycles. The van der Waals surface area contributed by atoms with Gasteiger partial charge in [-0.1, -0.05) is 131 Å². The molecule has 22 heteroatoms. The first kappa shape index (κ1) is 66.1. The molecule has 0 unspecified atom stereocenters. The van der Waals surface area contributed by atoms with Crippen LogP contribution in [-0.2, 0) is 61.2 Å². The van der Waals surface area contributed by atoms with E-state index in [9.17, 15) is 0 Å². The van der Waals surface area contributed by atoms with Crippen LogP contribution in [0.15, 0.2) is 0 Å². The second kappa shape index (κ2) is 32.4. The second-order valence-electron chi connectivity index (χ2n) is 23.4. The summed E-state index contributed by atoms with van der Waals surface area (Å²) in [6.07, 6.45) is 13.1. The normalized spacial score (nSPS) is 16.0. The van der Waals surface area contributed by atoms with Crippen molar-refractivity contribution in [3.8, 4) is 32.8 Å². The molecular formula is C62H89N7O8S7. The van der Waals surface area contributed by atoms with E-state index in [4.69, 9.17) is 37.9 Å². The fourth-order valence-electron chi connectivity index (χ4n) is 8.79. The van der Waals surface area contributed by atoms with Gasteiger partial charge in [-0.3, -0.25) is 0 Å². The van der Waals surface area contributed by atoms with Crippen LogP contribution in [0.3, 0.4) is 0 Å². The zero-order chi connectivity index (χ0) is 59.9. The summed E-state index contributed by atoms with van der Waals surface area (Å²) in [7, 11) is 0. The number of hydrogen-bond donors (Lipinski definition) is 0. The van der Waals surface area contributed by atoms with Gasteiger partial charge in [-0.25, -0.2) is 34.9 Å². The van der Waals surface area contributed by atoms with E-state index in [-0.39, 0.29) is 0 Å². The number of nitrogens with zero attached hydrogens (tertiary/aromatic N) is 7. The predicted octanol–water partition coefficient (Wildman–Crippen LogP) is 17.4. The highest BCUT2D eigenvalue weighted by molar-refractivity contribution is 7.14. The molecule has 0 amide bonds. The topological polar surface area (TPSA) is 164 Å². The van der Waals surface area contributed by atoms with Gasteiger partial charge in [0.2, 0.25) is 21.9 Å². The van der Waals surface area contributed by atoms with E-state index in [1.54, 1.807) is 38.9 Å². The molecule has 0 bridgehead atoms. The van der Waals surface area contributed by atoms with Gasteiger partial charge in [0.1, 0.15) is 23.9 Å². The first-order valence-corrected chi connectivity index (χ1v) is 36.0. The largest absolute Gasteiger partial charge is 0.483 e. The van der Waals surface area contributed by atoms with Gasteiger partial charge in [0.15, 0.2) is 11.9 Å². The number of thiazole rings is 7. The van der Waals surface area contributed by atoms with Crippen molar-refractivity contribution in [3.63, 3.8) is 0 Å². The zero-order valence-electron chi connectivity index (χ0n) is 51.9. The van der Waals surface area contributed by atoms with E-state index >= 15 is 0 Å². The maximum absolute atomic E-state index is 5.51. The monoisotopic (exact) mass is 1280 g/mol. The number of hydrogen-bond acceptors (Lipinski definition) is 22. The third kappa shape index (κ3) is 18.8. The fourth-order valence-corrected chi connectivity index (χ4v) is 15.9. The van der Waals surface area contributed by atoms with Crippen LogP contribution in [-0.4, -0.2) is 81.3 Å². The molecule has 7 aromatic rings. The molecular weight excluding hydrogens is 1200 g/mol. The number of aromatic nitrogens is 7. The van der Waals surface area contributed by atoms with E-state index in [1.807, 2.05) is 45.3 Å². The van der Waals surface area contributed by atoms with Crippen molar-refractivity contribution >= 4 is 79.4 Å². The third-order valence-electron chi connectivity index (χ3n) is 13.6. The third-order valence-corrected chi connectivity index (χ3v) is 23.1. The van der Waals surface area contributed by atoms with Crippen molar-refractivity contribution in [1.82, 2.24) is 34.9 Å². The van der Waals surface area contributed by atoms with Crippen LogP contribution in [0.25, 0.3) is 0 Å². The predicted molar refractivity (Wildman–Crippen MR) is 346 cm³/mol. The van der Waals surface area contributed by atoms with E-state index < -0.39 is 0 Å². The molecule has 0 saturated carbocycles. The Bertz CT molecular complexity index is 2370. The van der Waals surface area contributed by atoms with Crippen LogP contribution >= 0.6 is 79.4 Å². The van der Waals surface area contributed by atoms with Crippen molar-refractivity contribution in [2.24, 2.45) is 0 Å². The number of rotatable bonds is 7. The minimum absolute atomic E-state index is 0.368. The van der Waals surface area contributed by atoms with Crippen molar-refractivity contribution in [3.05, 3.63) is 77.3 Å². The fraction of sp³-hybridized carbons (Fsp3) is 0.661. The van der Waals surface area contributed by atoms with E-state index in [1.165, 1.54) is 82.4 Å². The second-order valence-corrected chi connectivity index (χ2v) is 30.8. The summed E-state index contributed by atoms with van der Waals surface area (Å²) in [6, 6.07) is 0. The van der Waals surface area contributed by atoms with E-state index in [0.29, 0.717) is 73.9 Å². The van der Waals surface area contributed by atoms with Crippen LogP contribution in [0.1, 0.15) is 248 Å². The lowest BCUT2D eigenvalue weighted by molar-refractivity contribution is -0.0153. The molecule has 7 aromatic heterocycles. The maximum atomic E-state index is 5.51. The molecule has 1 aliphatic carbocycles. The highest BCUT2D eigenvalue weighted by Gasteiger charge is 2.23. The molecule has 14 rings (SSSR count). The van der Waals surface area contributed by atoms with Crippen molar-refractivity contribution < 1.29 is 37.9 Å². The average Bonchev–Trinajstić information content (AvgIpc) is 4.49. The molecule has 0 atom stereocenters. The Kier molecular flexibility index (Phi) is 25.5. The Morgan fingerprint density at radius 3 is 1.17 bits per heavy atom. The number of fused-ring (bicyclic) bond motifs is 7. The Morgan fingerprint density at radius 1 is 0.274 bits per heavy atom. The Balaban J connectivity index is 0.000000128. The highest BCUT2D eigenvalue weighted by Crippen LogP contribution is 2.40. The SMILES string of the molecule is CC(C)c1nc2c(s1)CCCC2.CC(C)c1nc2c(s1)CCCO2.CC(C)c1nc2c(s1)CCCO2.CC(C)c1nc2c(s1)CCOC2.CC(C)c1nc2c(s1)OCCC2.CC(C)c1nc2c(s1)OCCO2.CC(C)c1nc2c(s1)OCOC2. The molecule has 0 spiro atoms. The first-order valence-electron chi connectivity index (χ1n) is 30.3. The summed E-state index contributed by atoms with van der Waals surface area (Å²) in [5, 5.41) is 11.3. The van der Waals surface area contributed by atoms with Gasteiger partial charge in [0.25, 0.3) is 5.88 Å². The number of aryl methyl sites for hydroxylation is 5.